The Bertz CT molecular complexity index is 1010. The molecule has 0 radical (unpaired) electrons. The van der Waals surface area contributed by atoms with Crippen molar-refractivity contribution in [1.82, 2.24) is 19.4 Å². The molecule has 0 saturated carbocycles. The standard InChI is InChI=1S/C19H12N4/c1-3-7-13(8-4-1)18-21-15-11-20-12-16-17(15)23(18)19(22-16)14-9-5-2-6-10-14/h1-12H. The van der Waals surface area contributed by atoms with Crippen molar-refractivity contribution in [3.05, 3.63) is 73.1 Å². The first kappa shape index (κ1) is 12.3. The van der Waals surface area contributed by atoms with Gasteiger partial charge in [-0.3, -0.25) is 9.38 Å². The summed E-state index contributed by atoms with van der Waals surface area (Å²) in [6, 6.07) is 20.4. The first-order valence-corrected chi connectivity index (χ1v) is 7.48. The number of hydrogen-bond acceptors (Lipinski definition) is 3. The Kier molecular flexibility index (Phi) is 2.46. The molecule has 0 N–H and O–H groups in total. The van der Waals surface area contributed by atoms with Crippen LogP contribution < -0.4 is 0 Å². The quantitative estimate of drug-likeness (QED) is 0.493. The van der Waals surface area contributed by atoms with Gasteiger partial charge in [0, 0.05) is 11.1 Å². The Morgan fingerprint density at radius 1 is 0.609 bits per heavy atom. The van der Waals surface area contributed by atoms with Crippen LogP contribution in [0.4, 0.5) is 0 Å². The summed E-state index contributed by atoms with van der Waals surface area (Å²) >= 11 is 0. The Balaban J connectivity index is 1.93. The Hall–Kier alpha value is -3.27. The molecule has 0 aliphatic rings. The van der Waals surface area contributed by atoms with Crippen LogP contribution in [0.15, 0.2) is 73.1 Å². The summed E-state index contributed by atoms with van der Waals surface area (Å²) in [6.07, 6.45) is 3.59. The Labute approximate surface area is 132 Å². The average Bonchev–Trinajstić information content (AvgIpc) is 3.20. The molecule has 0 aliphatic heterocycles. The summed E-state index contributed by atoms with van der Waals surface area (Å²) in [7, 11) is 0. The van der Waals surface area contributed by atoms with Gasteiger partial charge in [0.05, 0.1) is 12.4 Å². The van der Waals surface area contributed by atoms with Crippen molar-refractivity contribution in [2.75, 3.05) is 0 Å². The van der Waals surface area contributed by atoms with Crippen LogP contribution in [0.3, 0.4) is 0 Å². The summed E-state index contributed by atoms with van der Waals surface area (Å²) in [5.74, 6) is 1.80. The second-order valence-corrected chi connectivity index (χ2v) is 5.46. The van der Waals surface area contributed by atoms with Crippen LogP contribution in [0, 0.1) is 0 Å². The van der Waals surface area contributed by atoms with E-state index in [0.29, 0.717) is 0 Å². The minimum atomic E-state index is 0.871. The van der Waals surface area contributed by atoms with Crippen molar-refractivity contribution in [3.63, 3.8) is 0 Å². The molecule has 0 amide bonds. The Morgan fingerprint density at radius 2 is 1.09 bits per heavy atom. The van der Waals surface area contributed by atoms with Gasteiger partial charge in [0.2, 0.25) is 0 Å². The number of hydrogen-bond donors (Lipinski definition) is 0. The topological polar surface area (TPSA) is 43.1 Å². The third-order valence-electron chi connectivity index (χ3n) is 4.04. The summed E-state index contributed by atoms with van der Waals surface area (Å²) < 4.78 is 2.14. The first-order chi connectivity index (χ1) is 11.4. The molecule has 0 fully saturated rings. The first-order valence-electron chi connectivity index (χ1n) is 7.48. The normalized spacial score (nSPS) is 11.5. The van der Waals surface area contributed by atoms with Crippen molar-refractivity contribution < 1.29 is 0 Å². The highest BCUT2D eigenvalue weighted by Crippen LogP contribution is 2.32. The third-order valence-corrected chi connectivity index (χ3v) is 4.04. The van der Waals surface area contributed by atoms with Gasteiger partial charge in [0.1, 0.15) is 28.2 Å². The molecule has 2 aromatic carbocycles. The molecule has 0 bridgehead atoms. The van der Waals surface area contributed by atoms with Crippen LogP contribution in [0.2, 0.25) is 0 Å². The molecule has 108 valence electrons. The van der Waals surface area contributed by atoms with Crippen LogP contribution in [0.25, 0.3) is 39.3 Å². The number of imidazole rings is 2. The SMILES string of the molecule is c1ccc(-c2nc3cncc4nc(-c5ccccc5)n2c34)cc1. The minimum Gasteiger partial charge on any atom is -0.273 e. The van der Waals surface area contributed by atoms with Crippen LogP contribution in [-0.2, 0) is 0 Å². The van der Waals surface area contributed by atoms with E-state index in [9.17, 15) is 0 Å². The van der Waals surface area contributed by atoms with E-state index in [1.165, 1.54) is 0 Å². The molecular weight excluding hydrogens is 284 g/mol. The number of rotatable bonds is 2. The monoisotopic (exact) mass is 296 g/mol. The molecule has 0 unspecified atom stereocenters. The van der Waals surface area contributed by atoms with Gasteiger partial charge in [0.15, 0.2) is 0 Å². The predicted molar refractivity (Wildman–Crippen MR) is 90.3 cm³/mol. The molecule has 3 heterocycles. The summed E-state index contributed by atoms with van der Waals surface area (Å²) in [5, 5.41) is 0. The van der Waals surface area contributed by atoms with Crippen LogP contribution in [0.5, 0.6) is 0 Å². The van der Waals surface area contributed by atoms with Crippen molar-refractivity contribution >= 4 is 16.6 Å². The van der Waals surface area contributed by atoms with E-state index in [1.54, 1.807) is 12.4 Å². The van der Waals surface area contributed by atoms with Crippen LogP contribution in [0.1, 0.15) is 0 Å². The lowest BCUT2D eigenvalue weighted by atomic mass is 10.2. The van der Waals surface area contributed by atoms with E-state index in [1.807, 2.05) is 36.4 Å². The maximum absolute atomic E-state index is 4.79. The highest BCUT2D eigenvalue weighted by molar-refractivity contribution is 5.96. The molecular formula is C19H12N4. The minimum absolute atomic E-state index is 0.871. The lowest BCUT2D eigenvalue weighted by Gasteiger charge is -2.03. The molecule has 4 heteroatoms. The number of nitrogens with zero attached hydrogens (tertiary/aromatic N) is 4. The van der Waals surface area contributed by atoms with Gasteiger partial charge in [-0.2, -0.15) is 0 Å². The molecule has 0 spiro atoms. The number of pyridine rings is 1. The molecule has 23 heavy (non-hydrogen) atoms. The van der Waals surface area contributed by atoms with Crippen LogP contribution >= 0.6 is 0 Å². The number of benzene rings is 2. The van der Waals surface area contributed by atoms with E-state index < -0.39 is 0 Å². The van der Waals surface area contributed by atoms with E-state index >= 15 is 0 Å². The molecule has 0 aliphatic carbocycles. The fourth-order valence-corrected chi connectivity index (χ4v) is 3.03. The molecule has 0 atom stereocenters. The highest BCUT2D eigenvalue weighted by Gasteiger charge is 2.19. The van der Waals surface area contributed by atoms with Gasteiger partial charge < -0.3 is 0 Å². The zero-order valence-corrected chi connectivity index (χ0v) is 12.2. The predicted octanol–water partition coefficient (Wildman–Crippen LogP) is 4.05. The maximum atomic E-state index is 4.79. The molecule has 3 aromatic heterocycles. The van der Waals surface area contributed by atoms with Gasteiger partial charge >= 0.3 is 0 Å². The highest BCUT2D eigenvalue weighted by atomic mass is 15.1. The van der Waals surface area contributed by atoms with Crippen molar-refractivity contribution in [2.45, 2.75) is 0 Å². The molecule has 5 rings (SSSR count). The largest absolute Gasteiger partial charge is 0.273 e. The van der Waals surface area contributed by atoms with Crippen LogP contribution in [-0.4, -0.2) is 19.4 Å². The van der Waals surface area contributed by atoms with Gasteiger partial charge in [-0.15, -0.1) is 0 Å². The fourth-order valence-electron chi connectivity index (χ4n) is 3.03. The molecule has 5 aromatic rings. The third kappa shape index (κ3) is 1.75. The average molecular weight is 296 g/mol. The van der Waals surface area contributed by atoms with E-state index in [4.69, 9.17) is 9.97 Å². The summed E-state index contributed by atoms with van der Waals surface area (Å²) in [6.45, 7) is 0. The van der Waals surface area contributed by atoms with E-state index in [-0.39, 0.29) is 0 Å². The van der Waals surface area contributed by atoms with Gasteiger partial charge in [0.25, 0.3) is 0 Å². The van der Waals surface area contributed by atoms with Gasteiger partial charge in [-0.1, -0.05) is 60.7 Å². The van der Waals surface area contributed by atoms with Gasteiger partial charge in [-0.25, -0.2) is 9.97 Å². The molecule has 0 saturated heterocycles. The second kappa shape index (κ2) is 4.61. The van der Waals surface area contributed by atoms with E-state index in [2.05, 4.69) is 33.7 Å². The fraction of sp³-hybridized carbons (Fsp3) is 0. The van der Waals surface area contributed by atoms with Gasteiger partial charge in [-0.05, 0) is 0 Å². The van der Waals surface area contributed by atoms with Crippen molar-refractivity contribution in [3.8, 4) is 22.8 Å². The lowest BCUT2D eigenvalue weighted by Crippen LogP contribution is -1.92. The van der Waals surface area contributed by atoms with E-state index in [0.717, 1.165) is 39.3 Å². The zero-order chi connectivity index (χ0) is 15.2. The molecule has 4 nitrogen and oxygen atoms in total. The van der Waals surface area contributed by atoms with Crippen molar-refractivity contribution in [2.24, 2.45) is 0 Å². The van der Waals surface area contributed by atoms with Crippen molar-refractivity contribution in [1.29, 1.82) is 0 Å². The Morgan fingerprint density at radius 3 is 1.57 bits per heavy atom. The second-order valence-electron chi connectivity index (χ2n) is 5.46. The summed E-state index contributed by atoms with van der Waals surface area (Å²) in [5.41, 5.74) is 4.91. The maximum Gasteiger partial charge on any atom is 0.147 e. The summed E-state index contributed by atoms with van der Waals surface area (Å²) in [4.78, 5) is 13.8. The zero-order valence-electron chi connectivity index (χ0n) is 12.2. The number of aromatic nitrogens is 4. The smallest absolute Gasteiger partial charge is 0.147 e. The lowest BCUT2D eigenvalue weighted by molar-refractivity contribution is 1.15.